The quantitative estimate of drug-likeness (QED) is 0.574. The van der Waals surface area contributed by atoms with Crippen molar-refractivity contribution in [3.63, 3.8) is 0 Å². The summed E-state index contributed by atoms with van der Waals surface area (Å²) in [6, 6.07) is 7.30. The number of imidazole rings is 1. The number of anilines is 1. The highest BCUT2D eigenvalue weighted by atomic mass is 16.1. The zero-order valence-corrected chi connectivity index (χ0v) is 8.77. The Kier molecular flexibility index (Phi) is 1.94. The van der Waals surface area contributed by atoms with Gasteiger partial charge in [0.25, 0.3) is 0 Å². The molecule has 0 aliphatic heterocycles. The number of fused-ring (bicyclic) bond motifs is 1. The molecule has 84 valence electrons. The topological polar surface area (TPSA) is 100 Å². The van der Waals surface area contributed by atoms with Crippen LogP contribution in [0.15, 0.2) is 35.3 Å². The maximum Gasteiger partial charge on any atom is 0.323 e. The third kappa shape index (κ3) is 1.65. The molecule has 3 aromatic rings. The highest BCUT2D eigenvalue weighted by molar-refractivity contribution is 5.80. The van der Waals surface area contributed by atoms with E-state index in [2.05, 4.69) is 19.9 Å². The second-order valence-electron chi connectivity index (χ2n) is 3.64. The Morgan fingerprint density at radius 3 is 2.76 bits per heavy atom. The van der Waals surface area contributed by atoms with Crippen LogP contribution in [0.2, 0.25) is 0 Å². The van der Waals surface area contributed by atoms with E-state index >= 15 is 0 Å². The number of benzene rings is 1. The van der Waals surface area contributed by atoms with Gasteiger partial charge in [0.05, 0.1) is 16.7 Å². The first-order valence-corrected chi connectivity index (χ1v) is 5.03. The van der Waals surface area contributed by atoms with Crippen LogP contribution in [0, 0.1) is 0 Å². The van der Waals surface area contributed by atoms with Gasteiger partial charge in [-0.1, -0.05) is 6.07 Å². The number of aromatic amines is 2. The summed E-state index contributed by atoms with van der Waals surface area (Å²) in [6.45, 7) is 0. The standard InChI is InChI=1S/C11H9N5O/c12-10-13-4-3-7(14-10)6-1-2-8-9(5-6)16-11(17)15-8/h1-5H,(H2,12,13,14)(H2,15,16,17). The van der Waals surface area contributed by atoms with E-state index < -0.39 is 0 Å². The Balaban J connectivity index is 2.20. The Morgan fingerprint density at radius 1 is 1.12 bits per heavy atom. The summed E-state index contributed by atoms with van der Waals surface area (Å²) in [4.78, 5) is 24.5. The third-order valence-corrected chi connectivity index (χ3v) is 2.49. The molecule has 0 bridgehead atoms. The molecule has 4 N–H and O–H groups in total. The monoisotopic (exact) mass is 227 g/mol. The van der Waals surface area contributed by atoms with Crippen molar-refractivity contribution < 1.29 is 0 Å². The van der Waals surface area contributed by atoms with Crippen molar-refractivity contribution in [1.29, 1.82) is 0 Å². The zero-order valence-electron chi connectivity index (χ0n) is 8.77. The Bertz CT molecular complexity index is 743. The van der Waals surface area contributed by atoms with Crippen LogP contribution in [0.1, 0.15) is 0 Å². The van der Waals surface area contributed by atoms with Crippen LogP contribution < -0.4 is 11.4 Å². The zero-order chi connectivity index (χ0) is 11.8. The molecule has 0 aliphatic rings. The molecule has 2 heterocycles. The molecular weight excluding hydrogens is 218 g/mol. The summed E-state index contributed by atoms with van der Waals surface area (Å²) in [5.41, 5.74) is 8.41. The number of rotatable bonds is 1. The molecule has 0 saturated heterocycles. The largest absolute Gasteiger partial charge is 0.368 e. The van der Waals surface area contributed by atoms with E-state index in [1.807, 2.05) is 18.2 Å². The number of nitrogens with zero attached hydrogens (tertiary/aromatic N) is 2. The van der Waals surface area contributed by atoms with Gasteiger partial charge in [0.2, 0.25) is 5.95 Å². The second kappa shape index (κ2) is 3.44. The number of nitrogens with two attached hydrogens (primary N) is 1. The number of nitrogen functional groups attached to an aromatic ring is 1. The predicted octanol–water partition coefficient (Wildman–Crippen LogP) is 0.895. The lowest BCUT2D eigenvalue weighted by Crippen LogP contribution is -1.99. The van der Waals surface area contributed by atoms with Crippen molar-refractivity contribution in [2.24, 2.45) is 0 Å². The fraction of sp³-hybridized carbons (Fsp3) is 0. The van der Waals surface area contributed by atoms with Gasteiger partial charge >= 0.3 is 5.69 Å². The molecule has 0 aliphatic carbocycles. The molecular formula is C11H9N5O. The average Bonchev–Trinajstić information content (AvgIpc) is 2.68. The molecule has 2 aromatic heterocycles. The Morgan fingerprint density at radius 2 is 1.94 bits per heavy atom. The van der Waals surface area contributed by atoms with Gasteiger partial charge in [-0.25, -0.2) is 14.8 Å². The molecule has 3 rings (SSSR count). The van der Waals surface area contributed by atoms with Gasteiger partial charge in [0.15, 0.2) is 0 Å². The van der Waals surface area contributed by atoms with Gasteiger partial charge < -0.3 is 15.7 Å². The normalized spacial score (nSPS) is 10.8. The van der Waals surface area contributed by atoms with Crippen molar-refractivity contribution in [3.05, 3.63) is 40.9 Å². The van der Waals surface area contributed by atoms with Crippen molar-refractivity contribution in [1.82, 2.24) is 19.9 Å². The number of hydrogen-bond donors (Lipinski definition) is 3. The van der Waals surface area contributed by atoms with E-state index in [0.717, 1.165) is 22.3 Å². The minimum Gasteiger partial charge on any atom is -0.368 e. The van der Waals surface area contributed by atoms with Crippen LogP contribution in [0.25, 0.3) is 22.3 Å². The molecule has 0 amide bonds. The summed E-state index contributed by atoms with van der Waals surface area (Å²) in [5, 5.41) is 0. The molecule has 6 nitrogen and oxygen atoms in total. The molecule has 1 aromatic carbocycles. The lowest BCUT2D eigenvalue weighted by atomic mass is 10.1. The van der Waals surface area contributed by atoms with Crippen molar-refractivity contribution in [2.45, 2.75) is 0 Å². The highest BCUT2D eigenvalue weighted by Crippen LogP contribution is 2.20. The molecule has 0 spiro atoms. The van der Waals surface area contributed by atoms with Gasteiger partial charge in [0, 0.05) is 11.8 Å². The lowest BCUT2D eigenvalue weighted by Gasteiger charge is -2.00. The molecule has 0 fully saturated rings. The smallest absolute Gasteiger partial charge is 0.323 e. The minimum absolute atomic E-state index is 0.223. The molecule has 17 heavy (non-hydrogen) atoms. The Hall–Kier alpha value is -2.63. The van der Waals surface area contributed by atoms with Crippen LogP contribution in [0.3, 0.4) is 0 Å². The lowest BCUT2D eigenvalue weighted by molar-refractivity contribution is 1.19. The number of H-pyrrole nitrogens is 2. The van der Waals surface area contributed by atoms with E-state index in [-0.39, 0.29) is 11.6 Å². The van der Waals surface area contributed by atoms with E-state index in [4.69, 9.17) is 5.73 Å². The SMILES string of the molecule is Nc1nccc(-c2ccc3[nH]c(=O)[nH]c3c2)n1. The maximum atomic E-state index is 11.1. The van der Waals surface area contributed by atoms with Gasteiger partial charge in [0.1, 0.15) is 0 Å². The van der Waals surface area contributed by atoms with Gasteiger partial charge in [-0.05, 0) is 18.2 Å². The fourth-order valence-electron chi connectivity index (χ4n) is 1.73. The molecule has 6 heteroatoms. The number of hydrogen-bond acceptors (Lipinski definition) is 4. The molecule has 0 saturated carbocycles. The predicted molar refractivity (Wildman–Crippen MR) is 64.4 cm³/mol. The van der Waals surface area contributed by atoms with Crippen molar-refractivity contribution in [3.8, 4) is 11.3 Å². The summed E-state index contributed by atoms with van der Waals surface area (Å²) in [7, 11) is 0. The first-order chi connectivity index (χ1) is 8.22. The third-order valence-electron chi connectivity index (χ3n) is 2.49. The van der Waals surface area contributed by atoms with E-state index in [1.54, 1.807) is 12.3 Å². The van der Waals surface area contributed by atoms with Crippen LogP contribution >= 0.6 is 0 Å². The minimum atomic E-state index is -0.223. The summed E-state index contributed by atoms with van der Waals surface area (Å²) in [6.07, 6.45) is 1.60. The summed E-state index contributed by atoms with van der Waals surface area (Å²) < 4.78 is 0. The van der Waals surface area contributed by atoms with Gasteiger partial charge in [-0.2, -0.15) is 0 Å². The van der Waals surface area contributed by atoms with E-state index in [1.165, 1.54) is 0 Å². The maximum absolute atomic E-state index is 11.1. The number of nitrogens with one attached hydrogen (secondary N) is 2. The van der Waals surface area contributed by atoms with E-state index in [9.17, 15) is 4.79 Å². The molecule has 0 radical (unpaired) electrons. The van der Waals surface area contributed by atoms with Crippen LogP contribution in [0.4, 0.5) is 5.95 Å². The van der Waals surface area contributed by atoms with Crippen molar-refractivity contribution in [2.75, 3.05) is 5.73 Å². The summed E-state index contributed by atoms with van der Waals surface area (Å²) in [5.74, 6) is 0.227. The highest BCUT2D eigenvalue weighted by Gasteiger charge is 2.03. The first-order valence-electron chi connectivity index (χ1n) is 5.03. The van der Waals surface area contributed by atoms with Gasteiger partial charge in [-0.3, -0.25) is 0 Å². The molecule has 0 atom stereocenters. The average molecular weight is 227 g/mol. The van der Waals surface area contributed by atoms with Crippen LogP contribution in [-0.2, 0) is 0 Å². The van der Waals surface area contributed by atoms with E-state index in [0.29, 0.717) is 0 Å². The Labute approximate surface area is 95.5 Å². The van der Waals surface area contributed by atoms with Crippen LogP contribution in [-0.4, -0.2) is 19.9 Å². The second-order valence-corrected chi connectivity index (χ2v) is 3.64. The summed E-state index contributed by atoms with van der Waals surface area (Å²) >= 11 is 0. The first kappa shape index (κ1) is 9.59. The molecule has 0 unspecified atom stereocenters. The fourth-order valence-corrected chi connectivity index (χ4v) is 1.73. The van der Waals surface area contributed by atoms with Crippen molar-refractivity contribution >= 4 is 17.0 Å². The van der Waals surface area contributed by atoms with Gasteiger partial charge in [-0.15, -0.1) is 0 Å². The number of aromatic nitrogens is 4. The van der Waals surface area contributed by atoms with Crippen LogP contribution in [0.5, 0.6) is 0 Å².